The maximum atomic E-state index is 14.4. The van der Waals surface area contributed by atoms with E-state index in [1.54, 1.807) is 30.6 Å². The number of hydrogen-bond donors (Lipinski definition) is 1. The molecule has 7 heteroatoms. The van der Waals surface area contributed by atoms with Crippen LogP contribution in [0, 0.1) is 12.7 Å². The van der Waals surface area contributed by atoms with Crippen LogP contribution >= 0.6 is 0 Å². The Balaban J connectivity index is 1.70. The molecule has 2 N–H and O–H groups in total. The highest BCUT2D eigenvalue weighted by Gasteiger charge is 2.25. The van der Waals surface area contributed by atoms with Crippen LogP contribution in [0.3, 0.4) is 0 Å². The third kappa shape index (κ3) is 4.03. The molecule has 5 rings (SSSR count). The second kappa shape index (κ2) is 8.86. The Bertz CT molecular complexity index is 1500. The van der Waals surface area contributed by atoms with E-state index in [1.807, 2.05) is 55.5 Å². The molecular formula is C27H22FN5O. The van der Waals surface area contributed by atoms with Gasteiger partial charge in [0, 0.05) is 35.5 Å². The Kier molecular flexibility index (Phi) is 5.59. The van der Waals surface area contributed by atoms with Crippen LogP contribution in [0.5, 0.6) is 0 Å². The summed E-state index contributed by atoms with van der Waals surface area (Å²) < 4.78 is 15.9. The molecule has 5 aromatic rings. The quantitative estimate of drug-likeness (QED) is 0.399. The summed E-state index contributed by atoms with van der Waals surface area (Å²) >= 11 is 0. The predicted molar refractivity (Wildman–Crippen MR) is 129 cm³/mol. The van der Waals surface area contributed by atoms with Crippen LogP contribution < -0.4 is 5.73 Å². The number of carbonyl (C=O) groups is 1. The molecule has 1 atom stereocenters. The number of nitrogens with two attached hydrogens (primary N) is 1. The van der Waals surface area contributed by atoms with Crippen LogP contribution in [0.25, 0.3) is 33.4 Å². The zero-order chi connectivity index (χ0) is 23.7. The molecule has 0 spiro atoms. The number of para-hydroxylation sites is 1. The lowest BCUT2D eigenvalue weighted by atomic mass is 10.0. The largest absolute Gasteiger partial charge is 0.368 e. The number of halogens is 1. The van der Waals surface area contributed by atoms with Gasteiger partial charge in [-0.2, -0.15) is 5.10 Å². The number of benzene rings is 2. The third-order valence-electron chi connectivity index (χ3n) is 5.82. The third-order valence-corrected chi connectivity index (χ3v) is 5.82. The number of aryl methyl sites for hydroxylation is 1. The van der Waals surface area contributed by atoms with E-state index in [1.165, 1.54) is 10.7 Å². The topological polar surface area (TPSA) is 86.7 Å². The van der Waals surface area contributed by atoms with E-state index in [9.17, 15) is 9.18 Å². The van der Waals surface area contributed by atoms with Gasteiger partial charge < -0.3 is 5.73 Å². The van der Waals surface area contributed by atoms with Gasteiger partial charge in [0.05, 0.1) is 11.2 Å². The lowest BCUT2D eigenvalue weighted by Crippen LogP contribution is -2.29. The van der Waals surface area contributed by atoms with Gasteiger partial charge in [-0.1, -0.05) is 42.5 Å². The van der Waals surface area contributed by atoms with Crippen molar-refractivity contribution >= 4 is 16.8 Å². The van der Waals surface area contributed by atoms with Gasteiger partial charge in [0.15, 0.2) is 0 Å². The molecular weight excluding hydrogens is 429 g/mol. The zero-order valence-electron chi connectivity index (χ0n) is 18.5. The van der Waals surface area contributed by atoms with Gasteiger partial charge in [0.1, 0.15) is 17.6 Å². The van der Waals surface area contributed by atoms with E-state index in [4.69, 9.17) is 10.8 Å². The average molecular weight is 452 g/mol. The van der Waals surface area contributed by atoms with Crippen molar-refractivity contribution in [3.63, 3.8) is 0 Å². The van der Waals surface area contributed by atoms with E-state index in [0.717, 1.165) is 27.7 Å². The molecule has 3 aromatic heterocycles. The minimum atomic E-state index is -0.873. The van der Waals surface area contributed by atoms with Crippen molar-refractivity contribution in [2.24, 2.45) is 5.73 Å². The van der Waals surface area contributed by atoms with Crippen LogP contribution in [-0.4, -0.2) is 25.7 Å². The van der Waals surface area contributed by atoms with Gasteiger partial charge in [-0.3, -0.25) is 19.4 Å². The molecule has 1 amide bonds. The van der Waals surface area contributed by atoms with Gasteiger partial charge in [-0.05, 0) is 48.4 Å². The maximum Gasteiger partial charge on any atom is 0.242 e. The number of hydrogen-bond acceptors (Lipinski definition) is 4. The summed E-state index contributed by atoms with van der Waals surface area (Å²) in [7, 11) is 0. The summed E-state index contributed by atoms with van der Waals surface area (Å²) in [5.41, 5.74) is 10.8. The number of primary amides is 1. The van der Waals surface area contributed by atoms with Crippen LogP contribution in [0.2, 0.25) is 0 Å². The molecule has 0 bridgehead atoms. The maximum absolute atomic E-state index is 14.4. The predicted octanol–water partition coefficient (Wildman–Crippen LogP) is 4.88. The highest BCUT2D eigenvalue weighted by atomic mass is 19.1. The first-order valence-electron chi connectivity index (χ1n) is 10.9. The normalized spacial score (nSPS) is 12.1. The molecule has 0 saturated heterocycles. The molecule has 0 radical (unpaired) electrons. The van der Waals surface area contributed by atoms with Gasteiger partial charge in [-0.15, -0.1) is 0 Å². The molecule has 2 aromatic carbocycles. The Morgan fingerprint density at radius 2 is 1.79 bits per heavy atom. The van der Waals surface area contributed by atoms with Crippen molar-refractivity contribution in [1.29, 1.82) is 0 Å². The molecule has 0 saturated carbocycles. The Labute approximate surface area is 195 Å². The first-order valence-corrected chi connectivity index (χ1v) is 10.9. The average Bonchev–Trinajstić information content (AvgIpc) is 3.28. The monoisotopic (exact) mass is 451 g/mol. The van der Waals surface area contributed by atoms with Crippen molar-refractivity contribution in [2.45, 2.75) is 19.4 Å². The van der Waals surface area contributed by atoms with Crippen molar-refractivity contribution in [3.8, 4) is 22.5 Å². The second-order valence-electron chi connectivity index (χ2n) is 8.12. The van der Waals surface area contributed by atoms with Crippen LogP contribution in [0.4, 0.5) is 4.39 Å². The summed E-state index contributed by atoms with van der Waals surface area (Å²) in [6.45, 7) is 1.91. The number of amides is 1. The highest BCUT2D eigenvalue weighted by Crippen LogP contribution is 2.35. The Morgan fingerprint density at radius 1 is 1.00 bits per heavy atom. The van der Waals surface area contributed by atoms with Crippen molar-refractivity contribution < 1.29 is 9.18 Å². The van der Waals surface area contributed by atoms with E-state index in [2.05, 4.69) is 9.97 Å². The van der Waals surface area contributed by atoms with Gasteiger partial charge in [-0.25, -0.2) is 4.39 Å². The van der Waals surface area contributed by atoms with Crippen molar-refractivity contribution in [3.05, 3.63) is 102 Å². The smallest absolute Gasteiger partial charge is 0.242 e. The van der Waals surface area contributed by atoms with Crippen LogP contribution in [0.1, 0.15) is 17.3 Å². The number of nitrogens with zero attached hydrogens (tertiary/aromatic N) is 4. The van der Waals surface area contributed by atoms with Gasteiger partial charge >= 0.3 is 0 Å². The fourth-order valence-electron chi connectivity index (χ4n) is 4.14. The molecule has 0 fully saturated rings. The number of carbonyl (C=O) groups excluding carboxylic acids is 1. The molecule has 168 valence electrons. The minimum Gasteiger partial charge on any atom is -0.368 e. The SMILES string of the molecule is Cc1cccc(-c2nn(C(Cc3ccccc3F)C(N)=O)cc2-c2ccnc3ccccc23)n1. The minimum absolute atomic E-state index is 0.0842. The van der Waals surface area contributed by atoms with Crippen LogP contribution in [0.15, 0.2) is 85.2 Å². The standard InChI is InChI=1S/C27H22FN5O/c1-17-7-6-12-24(31-17)26-21(19-13-14-30-23-11-5-3-9-20(19)23)16-33(32-26)25(27(29)34)15-18-8-2-4-10-22(18)28/h2-14,16,25H,15H2,1H3,(H2,29,34). The first kappa shape index (κ1) is 21.5. The summed E-state index contributed by atoms with van der Waals surface area (Å²) in [5.74, 6) is -0.984. The Hall–Kier alpha value is -4.39. The van der Waals surface area contributed by atoms with Crippen LogP contribution in [-0.2, 0) is 11.2 Å². The summed E-state index contributed by atoms with van der Waals surface area (Å²) in [6.07, 6.45) is 3.62. The van der Waals surface area contributed by atoms with E-state index in [0.29, 0.717) is 17.0 Å². The lowest BCUT2D eigenvalue weighted by molar-refractivity contribution is -0.121. The number of pyridine rings is 2. The van der Waals surface area contributed by atoms with Crippen molar-refractivity contribution in [2.75, 3.05) is 0 Å². The summed E-state index contributed by atoms with van der Waals surface area (Å²) in [5, 5.41) is 5.71. The fourth-order valence-corrected chi connectivity index (χ4v) is 4.14. The van der Waals surface area contributed by atoms with E-state index in [-0.39, 0.29) is 12.2 Å². The summed E-state index contributed by atoms with van der Waals surface area (Å²) in [4.78, 5) is 21.6. The first-order chi connectivity index (χ1) is 16.5. The number of rotatable bonds is 6. The van der Waals surface area contributed by atoms with Gasteiger partial charge in [0.2, 0.25) is 5.91 Å². The van der Waals surface area contributed by atoms with E-state index < -0.39 is 11.9 Å². The zero-order valence-corrected chi connectivity index (χ0v) is 18.5. The molecule has 0 aliphatic heterocycles. The molecule has 3 heterocycles. The van der Waals surface area contributed by atoms with Crippen molar-refractivity contribution in [1.82, 2.24) is 19.7 Å². The molecule has 34 heavy (non-hydrogen) atoms. The molecule has 0 aliphatic carbocycles. The number of fused-ring (bicyclic) bond motifs is 1. The highest BCUT2D eigenvalue weighted by molar-refractivity contribution is 5.97. The lowest BCUT2D eigenvalue weighted by Gasteiger charge is -2.14. The second-order valence-corrected chi connectivity index (χ2v) is 8.12. The number of aromatic nitrogens is 4. The molecule has 0 aliphatic rings. The molecule has 1 unspecified atom stereocenters. The summed E-state index contributed by atoms with van der Waals surface area (Å²) in [6, 6.07) is 20.9. The van der Waals surface area contributed by atoms with Gasteiger partial charge in [0.25, 0.3) is 0 Å². The molecule has 6 nitrogen and oxygen atoms in total. The van der Waals surface area contributed by atoms with E-state index >= 15 is 0 Å². The fraction of sp³-hybridized carbons (Fsp3) is 0.111. The Morgan fingerprint density at radius 3 is 2.59 bits per heavy atom.